The number of esters is 1. The maximum atomic E-state index is 11.7. The van der Waals surface area contributed by atoms with Crippen LogP contribution in [0.25, 0.3) is 22.4 Å². The van der Waals surface area contributed by atoms with Gasteiger partial charge in [-0.15, -0.1) is 0 Å². The molecule has 0 bridgehead atoms. The molecule has 0 fully saturated rings. The zero-order valence-electron chi connectivity index (χ0n) is 14.4. The van der Waals surface area contributed by atoms with Crippen LogP contribution < -0.4 is 5.69 Å². The molecule has 2 aromatic carbocycles. The SMILES string of the molecule is COC(=O)c1cccc(-c2ccc(C=Nc3ccc4[nH]c(=O)[nH]c4c3)o2)c1. The number of hydrogen-bond acceptors (Lipinski definition) is 5. The second-order valence-corrected chi connectivity index (χ2v) is 5.84. The summed E-state index contributed by atoms with van der Waals surface area (Å²) in [6, 6.07) is 16.0. The van der Waals surface area contributed by atoms with Crippen molar-refractivity contribution in [3.8, 4) is 11.3 Å². The molecule has 0 spiro atoms. The second kappa shape index (κ2) is 6.80. The summed E-state index contributed by atoms with van der Waals surface area (Å²) in [5, 5.41) is 0. The first-order chi connectivity index (χ1) is 13.1. The van der Waals surface area contributed by atoms with Gasteiger partial charge in [-0.1, -0.05) is 12.1 Å². The van der Waals surface area contributed by atoms with Crippen LogP contribution >= 0.6 is 0 Å². The summed E-state index contributed by atoms with van der Waals surface area (Å²) in [5.74, 6) is 0.784. The number of nitrogens with zero attached hydrogens (tertiary/aromatic N) is 1. The number of rotatable bonds is 4. The van der Waals surface area contributed by atoms with Crippen molar-refractivity contribution < 1.29 is 13.9 Å². The number of imidazole rings is 1. The summed E-state index contributed by atoms with van der Waals surface area (Å²) in [6.45, 7) is 0. The highest BCUT2D eigenvalue weighted by Crippen LogP contribution is 2.23. The molecule has 134 valence electrons. The summed E-state index contributed by atoms with van der Waals surface area (Å²) in [5.41, 5.74) is 3.07. The lowest BCUT2D eigenvalue weighted by Crippen LogP contribution is -2.00. The van der Waals surface area contributed by atoms with Gasteiger partial charge in [0.15, 0.2) is 0 Å². The Bertz CT molecular complexity index is 1210. The molecule has 27 heavy (non-hydrogen) atoms. The summed E-state index contributed by atoms with van der Waals surface area (Å²) in [4.78, 5) is 32.7. The highest BCUT2D eigenvalue weighted by molar-refractivity contribution is 5.91. The van der Waals surface area contributed by atoms with E-state index in [1.165, 1.54) is 7.11 Å². The maximum Gasteiger partial charge on any atom is 0.337 e. The van der Waals surface area contributed by atoms with Crippen molar-refractivity contribution in [2.24, 2.45) is 4.99 Å². The molecule has 7 nitrogen and oxygen atoms in total. The number of carbonyl (C=O) groups excluding carboxylic acids is 1. The number of hydrogen-bond donors (Lipinski definition) is 2. The fourth-order valence-corrected chi connectivity index (χ4v) is 2.73. The summed E-state index contributed by atoms with van der Waals surface area (Å²) in [7, 11) is 1.34. The summed E-state index contributed by atoms with van der Waals surface area (Å²) in [6.07, 6.45) is 1.60. The molecule has 0 aliphatic carbocycles. The van der Waals surface area contributed by atoms with Gasteiger partial charge < -0.3 is 19.1 Å². The highest BCUT2D eigenvalue weighted by atomic mass is 16.5. The third-order valence-corrected chi connectivity index (χ3v) is 4.04. The van der Waals surface area contributed by atoms with Gasteiger partial charge in [-0.2, -0.15) is 0 Å². The molecule has 0 saturated carbocycles. The van der Waals surface area contributed by atoms with Crippen LogP contribution in [0.4, 0.5) is 5.69 Å². The highest BCUT2D eigenvalue weighted by Gasteiger charge is 2.09. The predicted molar refractivity (Wildman–Crippen MR) is 102 cm³/mol. The topological polar surface area (TPSA) is 100 Å². The molecule has 0 atom stereocenters. The van der Waals surface area contributed by atoms with E-state index < -0.39 is 5.97 Å². The van der Waals surface area contributed by atoms with E-state index in [0.29, 0.717) is 28.3 Å². The first-order valence-electron chi connectivity index (χ1n) is 8.17. The Morgan fingerprint density at radius 1 is 1.07 bits per heavy atom. The summed E-state index contributed by atoms with van der Waals surface area (Å²) >= 11 is 0. The molecule has 4 aromatic rings. The molecule has 0 saturated heterocycles. The van der Waals surface area contributed by atoms with E-state index in [2.05, 4.69) is 15.0 Å². The number of H-pyrrole nitrogens is 2. The van der Waals surface area contributed by atoms with Crippen LogP contribution in [0, 0.1) is 0 Å². The lowest BCUT2D eigenvalue weighted by Gasteiger charge is -2.01. The van der Waals surface area contributed by atoms with Crippen molar-refractivity contribution >= 4 is 28.9 Å². The number of methoxy groups -OCH3 is 1. The normalized spacial score (nSPS) is 11.3. The second-order valence-electron chi connectivity index (χ2n) is 5.84. The minimum absolute atomic E-state index is 0.254. The van der Waals surface area contributed by atoms with Crippen LogP contribution in [0.15, 0.2) is 68.8 Å². The van der Waals surface area contributed by atoms with Gasteiger partial charge in [-0.25, -0.2) is 9.59 Å². The lowest BCUT2D eigenvalue weighted by atomic mass is 10.1. The predicted octanol–water partition coefficient (Wildman–Crippen LogP) is 3.65. The number of ether oxygens (including phenoxy) is 1. The van der Waals surface area contributed by atoms with Crippen LogP contribution in [0.2, 0.25) is 0 Å². The van der Waals surface area contributed by atoms with Gasteiger partial charge >= 0.3 is 11.7 Å². The van der Waals surface area contributed by atoms with E-state index in [1.807, 2.05) is 12.1 Å². The first kappa shape index (κ1) is 16.6. The molecular weight excluding hydrogens is 346 g/mol. The van der Waals surface area contributed by atoms with E-state index in [0.717, 1.165) is 11.1 Å². The number of aromatic amines is 2. The van der Waals surface area contributed by atoms with Crippen molar-refractivity contribution in [3.05, 3.63) is 76.4 Å². The fraction of sp³-hybridized carbons (Fsp3) is 0.0500. The average Bonchev–Trinajstić information content (AvgIpc) is 3.31. The van der Waals surface area contributed by atoms with Gasteiger partial charge in [-0.3, -0.25) is 4.99 Å². The third kappa shape index (κ3) is 3.43. The molecule has 0 unspecified atom stereocenters. The molecule has 4 rings (SSSR count). The molecule has 2 heterocycles. The molecule has 0 aliphatic rings. The van der Waals surface area contributed by atoms with Gasteiger partial charge in [0, 0.05) is 5.56 Å². The Labute approximate surface area is 153 Å². The maximum absolute atomic E-state index is 11.7. The quantitative estimate of drug-likeness (QED) is 0.428. The molecule has 2 aromatic heterocycles. The zero-order valence-corrected chi connectivity index (χ0v) is 14.4. The van der Waals surface area contributed by atoms with Gasteiger partial charge in [0.2, 0.25) is 0 Å². The Balaban J connectivity index is 1.57. The average molecular weight is 361 g/mol. The zero-order chi connectivity index (χ0) is 18.8. The number of fused-ring (bicyclic) bond motifs is 1. The number of carbonyl (C=O) groups is 1. The Morgan fingerprint density at radius 2 is 1.93 bits per heavy atom. The van der Waals surface area contributed by atoms with Crippen molar-refractivity contribution in [2.45, 2.75) is 0 Å². The molecule has 7 heteroatoms. The first-order valence-corrected chi connectivity index (χ1v) is 8.17. The Morgan fingerprint density at radius 3 is 2.78 bits per heavy atom. The summed E-state index contributed by atoms with van der Waals surface area (Å²) < 4.78 is 10.5. The number of nitrogens with one attached hydrogen (secondary N) is 2. The number of furan rings is 1. The van der Waals surface area contributed by atoms with E-state index in [1.54, 1.807) is 48.7 Å². The molecule has 2 N–H and O–H groups in total. The van der Waals surface area contributed by atoms with Crippen LogP contribution in [0.5, 0.6) is 0 Å². The minimum Gasteiger partial charge on any atom is -0.465 e. The van der Waals surface area contributed by atoms with E-state index in [9.17, 15) is 9.59 Å². The lowest BCUT2D eigenvalue weighted by molar-refractivity contribution is 0.0601. The van der Waals surface area contributed by atoms with Crippen LogP contribution in [0.1, 0.15) is 16.1 Å². The van der Waals surface area contributed by atoms with Crippen molar-refractivity contribution in [1.29, 1.82) is 0 Å². The van der Waals surface area contributed by atoms with Crippen LogP contribution in [-0.4, -0.2) is 29.3 Å². The Kier molecular flexibility index (Phi) is 4.18. The molecule has 0 radical (unpaired) electrons. The monoisotopic (exact) mass is 361 g/mol. The van der Waals surface area contributed by atoms with Crippen molar-refractivity contribution in [2.75, 3.05) is 7.11 Å². The van der Waals surface area contributed by atoms with Crippen LogP contribution in [0.3, 0.4) is 0 Å². The molecule has 0 amide bonds. The number of aliphatic imine (C=N–C) groups is 1. The minimum atomic E-state index is -0.400. The Hall–Kier alpha value is -3.87. The van der Waals surface area contributed by atoms with Gasteiger partial charge in [0.1, 0.15) is 11.5 Å². The largest absolute Gasteiger partial charge is 0.465 e. The van der Waals surface area contributed by atoms with Gasteiger partial charge in [0.25, 0.3) is 0 Å². The molecular formula is C20H15N3O4. The van der Waals surface area contributed by atoms with Gasteiger partial charge in [0.05, 0.1) is 35.6 Å². The fourth-order valence-electron chi connectivity index (χ4n) is 2.73. The third-order valence-electron chi connectivity index (χ3n) is 4.04. The van der Waals surface area contributed by atoms with Crippen molar-refractivity contribution in [3.63, 3.8) is 0 Å². The number of aromatic nitrogens is 2. The smallest absolute Gasteiger partial charge is 0.337 e. The standard InChI is InChI=1S/C20H15N3O4/c1-26-19(24)13-4-2-3-12(9-13)18-8-6-15(27-18)11-21-14-5-7-16-17(10-14)23-20(25)22-16/h2-11H,1H3,(H2,22,23,25). The van der Waals surface area contributed by atoms with Crippen LogP contribution in [-0.2, 0) is 4.74 Å². The van der Waals surface area contributed by atoms with E-state index in [-0.39, 0.29) is 5.69 Å². The number of benzene rings is 2. The van der Waals surface area contributed by atoms with Crippen molar-refractivity contribution in [1.82, 2.24) is 9.97 Å². The van der Waals surface area contributed by atoms with E-state index in [4.69, 9.17) is 9.15 Å². The molecule has 0 aliphatic heterocycles. The van der Waals surface area contributed by atoms with E-state index >= 15 is 0 Å². The van der Waals surface area contributed by atoms with Gasteiger partial charge in [-0.05, 0) is 42.5 Å².